The Bertz CT molecular complexity index is 1510. The molecule has 2 aromatic heterocycles. The fourth-order valence-corrected chi connectivity index (χ4v) is 3.73. The van der Waals surface area contributed by atoms with E-state index in [0.717, 1.165) is 10.9 Å². The van der Waals surface area contributed by atoms with Crippen LogP contribution >= 0.6 is 12.2 Å². The third kappa shape index (κ3) is 4.16. The van der Waals surface area contributed by atoms with E-state index in [0.29, 0.717) is 39.8 Å². The van der Waals surface area contributed by atoms with Crippen molar-refractivity contribution in [1.82, 2.24) is 10.3 Å². The number of oxazole rings is 1. The number of nitrogens with one attached hydrogen (secondary N) is 2. The summed E-state index contributed by atoms with van der Waals surface area (Å²) in [6, 6.07) is 19.8. The highest BCUT2D eigenvalue weighted by molar-refractivity contribution is 7.80. The van der Waals surface area contributed by atoms with Gasteiger partial charge in [0.05, 0.1) is 14.2 Å². The van der Waals surface area contributed by atoms with Gasteiger partial charge in [0.15, 0.2) is 28.0 Å². The Labute approximate surface area is 199 Å². The van der Waals surface area contributed by atoms with E-state index in [1.165, 1.54) is 0 Å². The Morgan fingerprint density at radius 1 is 0.912 bits per heavy atom. The van der Waals surface area contributed by atoms with Gasteiger partial charge < -0.3 is 23.6 Å². The van der Waals surface area contributed by atoms with Crippen LogP contribution in [0, 0.1) is 0 Å². The lowest BCUT2D eigenvalue weighted by Crippen LogP contribution is -2.33. The SMILES string of the molecule is COc1ccc(-c2nc3cc(NC(=S)NC(=O)c4cc5ccccc5o4)ccc3o2)cc1OC. The topological polar surface area (TPSA) is 98.8 Å². The molecule has 0 aliphatic heterocycles. The van der Waals surface area contributed by atoms with E-state index in [2.05, 4.69) is 15.6 Å². The Hall–Kier alpha value is -4.37. The van der Waals surface area contributed by atoms with Crippen LogP contribution in [-0.2, 0) is 0 Å². The fraction of sp³-hybridized carbons (Fsp3) is 0.0800. The van der Waals surface area contributed by atoms with Crippen molar-refractivity contribution >= 4 is 51.0 Å². The van der Waals surface area contributed by atoms with Gasteiger partial charge in [0.1, 0.15) is 11.1 Å². The minimum absolute atomic E-state index is 0.133. The van der Waals surface area contributed by atoms with Gasteiger partial charge in [0, 0.05) is 16.6 Å². The number of carbonyl (C=O) groups is 1. The smallest absolute Gasteiger partial charge is 0.293 e. The second kappa shape index (κ2) is 8.87. The summed E-state index contributed by atoms with van der Waals surface area (Å²) >= 11 is 5.29. The van der Waals surface area contributed by atoms with Crippen LogP contribution in [0.3, 0.4) is 0 Å². The second-order valence-electron chi connectivity index (χ2n) is 7.33. The van der Waals surface area contributed by atoms with E-state index in [9.17, 15) is 4.79 Å². The van der Waals surface area contributed by atoms with Gasteiger partial charge in [-0.1, -0.05) is 18.2 Å². The quantitative estimate of drug-likeness (QED) is 0.328. The number of carbonyl (C=O) groups excluding carboxylic acids is 1. The minimum Gasteiger partial charge on any atom is -0.493 e. The van der Waals surface area contributed by atoms with Crippen LogP contribution < -0.4 is 20.1 Å². The van der Waals surface area contributed by atoms with Gasteiger partial charge in [0.25, 0.3) is 5.91 Å². The maximum Gasteiger partial charge on any atom is 0.293 e. The highest BCUT2D eigenvalue weighted by atomic mass is 32.1. The van der Waals surface area contributed by atoms with Crippen LogP contribution in [0.5, 0.6) is 11.5 Å². The Balaban J connectivity index is 1.31. The Morgan fingerprint density at radius 3 is 2.53 bits per heavy atom. The summed E-state index contributed by atoms with van der Waals surface area (Å²) in [6.45, 7) is 0. The molecule has 170 valence electrons. The third-order valence-electron chi connectivity index (χ3n) is 5.15. The molecule has 0 aliphatic rings. The zero-order chi connectivity index (χ0) is 23.7. The summed E-state index contributed by atoms with van der Waals surface area (Å²) in [4.78, 5) is 17.1. The van der Waals surface area contributed by atoms with Gasteiger partial charge in [-0.2, -0.15) is 0 Å². The second-order valence-corrected chi connectivity index (χ2v) is 7.74. The van der Waals surface area contributed by atoms with E-state index < -0.39 is 5.91 Å². The molecule has 9 heteroatoms. The average molecular weight is 474 g/mol. The first-order valence-electron chi connectivity index (χ1n) is 10.3. The Morgan fingerprint density at radius 2 is 1.74 bits per heavy atom. The number of thiocarbonyl (C=S) groups is 1. The van der Waals surface area contributed by atoms with Gasteiger partial charge in [0.2, 0.25) is 5.89 Å². The van der Waals surface area contributed by atoms with Crippen molar-refractivity contribution < 1.29 is 23.1 Å². The normalized spacial score (nSPS) is 10.9. The average Bonchev–Trinajstić information content (AvgIpc) is 3.47. The number of nitrogens with zero attached hydrogens (tertiary/aromatic N) is 1. The molecule has 1 amide bonds. The van der Waals surface area contributed by atoms with Crippen LogP contribution in [0.4, 0.5) is 5.69 Å². The molecule has 0 unspecified atom stereocenters. The first-order chi connectivity index (χ1) is 16.5. The maximum atomic E-state index is 12.5. The number of para-hydroxylation sites is 1. The number of fused-ring (bicyclic) bond motifs is 2. The first-order valence-corrected chi connectivity index (χ1v) is 10.7. The minimum atomic E-state index is -0.438. The molecule has 34 heavy (non-hydrogen) atoms. The number of hydrogen-bond donors (Lipinski definition) is 2. The molecule has 2 heterocycles. The monoisotopic (exact) mass is 473 g/mol. The fourth-order valence-electron chi connectivity index (χ4n) is 3.52. The lowest BCUT2D eigenvalue weighted by Gasteiger charge is -2.08. The summed E-state index contributed by atoms with van der Waals surface area (Å²) in [6.07, 6.45) is 0. The number of benzene rings is 3. The lowest BCUT2D eigenvalue weighted by atomic mass is 10.2. The van der Waals surface area contributed by atoms with E-state index >= 15 is 0 Å². The van der Waals surface area contributed by atoms with E-state index in [1.54, 1.807) is 56.7 Å². The van der Waals surface area contributed by atoms with E-state index in [-0.39, 0.29) is 10.9 Å². The highest BCUT2D eigenvalue weighted by Crippen LogP contribution is 2.33. The highest BCUT2D eigenvalue weighted by Gasteiger charge is 2.15. The zero-order valence-electron chi connectivity index (χ0n) is 18.2. The lowest BCUT2D eigenvalue weighted by molar-refractivity contribution is 0.0953. The van der Waals surface area contributed by atoms with Crippen LogP contribution in [0.25, 0.3) is 33.5 Å². The number of rotatable bonds is 5. The molecule has 5 aromatic rings. The van der Waals surface area contributed by atoms with Crippen LogP contribution in [0.15, 0.2) is 75.6 Å². The predicted octanol–water partition coefficient (Wildman–Crippen LogP) is 5.39. The van der Waals surface area contributed by atoms with Crippen LogP contribution in [0.2, 0.25) is 0 Å². The molecule has 0 bridgehead atoms. The number of ether oxygens (including phenoxy) is 2. The van der Waals surface area contributed by atoms with E-state index in [1.807, 2.05) is 24.3 Å². The molecule has 0 aliphatic carbocycles. The van der Waals surface area contributed by atoms with Crippen LogP contribution in [-0.4, -0.2) is 30.2 Å². The van der Waals surface area contributed by atoms with Gasteiger partial charge >= 0.3 is 0 Å². The van der Waals surface area contributed by atoms with Crippen molar-refractivity contribution in [2.75, 3.05) is 19.5 Å². The predicted molar refractivity (Wildman–Crippen MR) is 132 cm³/mol. The molecular weight excluding hydrogens is 454 g/mol. The number of methoxy groups -OCH3 is 2. The number of anilines is 1. The third-order valence-corrected chi connectivity index (χ3v) is 5.36. The Kier molecular flexibility index (Phi) is 5.60. The van der Waals surface area contributed by atoms with Gasteiger partial charge in [-0.3, -0.25) is 10.1 Å². The van der Waals surface area contributed by atoms with Crippen molar-refractivity contribution in [2.24, 2.45) is 0 Å². The molecule has 0 spiro atoms. The number of hydrogen-bond acceptors (Lipinski definition) is 7. The molecule has 0 saturated heterocycles. The van der Waals surface area contributed by atoms with Crippen molar-refractivity contribution in [1.29, 1.82) is 0 Å². The van der Waals surface area contributed by atoms with Gasteiger partial charge in [-0.15, -0.1) is 0 Å². The van der Waals surface area contributed by atoms with Gasteiger partial charge in [-0.25, -0.2) is 4.98 Å². The summed E-state index contributed by atoms with van der Waals surface area (Å²) in [7, 11) is 3.15. The van der Waals surface area contributed by atoms with Crippen molar-refractivity contribution in [2.45, 2.75) is 0 Å². The van der Waals surface area contributed by atoms with Crippen LogP contribution in [0.1, 0.15) is 10.6 Å². The summed E-state index contributed by atoms with van der Waals surface area (Å²) in [5.41, 5.74) is 3.26. The molecule has 0 atom stereocenters. The standard InChI is InChI=1S/C25H19N3O5S/c1-30-20-9-7-15(12-21(20)31-2)24-27-17-13-16(8-10-19(17)33-24)26-25(34)28-23(29)22-11-14-5-3-4-6-18(14)32-22/h3-13H,1-2H3,(H2,26,28,29,34). The van der Waals surface area contributed by atoms with Gasteiger partial charge in [-0.05, 0) is 60.7 Å². The molecule has 0 saturated carbocycles. The summed E-state index contributed by atoms with van der Waals surface area (Å²) < 4.78 is 22.1. The van der Waals surface area contributed by atoms with Crippen molar-refractivity contribution in [3.8, 4) is 23.0 Å². The largest absolute Gasteiger partial charge is 0.493 e. The number of aromatic nitrogens is 1. The molecular formula is C25H19N3O5S. The van der Waals surface area contributed by atoms with E-state index in [4.69, 9.17) is 30.5 Å². The maximum absolute atomic E-state index is 12.5. The molecule has 8 nitrogen and oxygen atoms in total. The number of amides is 1. The molecule has 0 fully saturated rings. The molecule has 0 radical (unpaired) electrons. The summed E-state index contributed by atoms with van der Waals surface area (Å²) in [5.74, 6) is 1.37. The molecule has 3 aromatic carbocycles. The molecule has 5 rings (SSSR count). The number of furan rings is 1. The first kappa shape index (κ1) is 21.5. The molecule has 2 N–H and O–H groups in total. The van der Waals surface area contributed by atoms with Crippen molar-refractivity contribution in [3.05, 3.63) is 72.5 Å². The summed E-state index contributed by atoms with van der Waals surface area (Å²) in [5, 5.41) is 6.59. The zero-order valence-corrected chi connectivity index (χ0v) is 19.1. The van der Waals surface area contributed by atoms with Crippen molar-refractivity contribution in [3.63, 3.8) is 0 Å².